The van der Waals surface area contributed by atoms with E-state index in [9.17, 15) is 0 Å². The highest BCUT2D eigenvalue weighted by molar-refractivity contribution is 5.64. The molecule has 1 nitrogen and oxygen atoms in total. The van der Waals surface area contributed by atoms with Gasteiger partial charge in [0.15, 0.2) is 0 Å². The van der Waals surface area contributed by atoms with Crippen molar-refractivity contribution in [3.8, 4) is 0 Å². The van der Waals surface area contributed by atoms with E-state index in [1.165, 1.54) is 11.1 Å². The number of methoxy groups -OCH3 is 1. The fraction of sp³-hybridized carbons (Fsp3) is 0.231. The molecule has 0 aliphatic rings. The Labute approximate surface area is 85.7 Å². The lowest BCUT2D eigenvalue weighted by molar-refractivity contribution is 0.234. The second kappa shape index (κ2) is 6.17. The summed E-state index contributed by atoms with van der Waals surface area (Å²) in [6.45, 7) is 2.77. The van der Waals surface area contributed by atoms with Gasteiger partial charge in [-0.1, -0.05) is 48.6 Å². The monoisotopic (exact) mass is 188 g/mol. The maximum atomic E-state index is 4.91. The Bertz CT molecular complexity index is 309. The molecule has 0 unspecified atom stereocenters. The van der Waals surface area contributed by atoms with Crippen LogP contribution in [0.2, 0.25) is 0 Å². The zero-order chi connectivity index (χ0) is 10.2. The topological polar surface area (TPSA) is 9.23 Å². The molecule has 1 heteroatoms. The number of hydrogen-bond donors (Lipinski definition) is 0. The van der Waals surface area contributed by atoms with Gasteiger partial charge in [0.25, 0.3) is 0 Å². The Hall–Kier alpha value is -1.34. The Morgan fingerprint density at radius 2 is 2.00 bits per heavy atom. The van der Waals surface area contributed by atoms with Gasteiger partial charge in [-0.05, 0) is 18.1 Å². The van der Waals surface area contributed by atoms with E-state index < -0.39 is 0 Å². The molecule has 0 heterocycles. The maximum Gasteiger partial charge on any atom is 0.0646 e. The van der Waals surface area contributed by atoms with Crippen molar-refractivity contribution in [3.05, 3.63) is 54.1 Å². The third kappa shape index (κ3) is 3.58. The largest absolute Gasteiger partial charge is 0.381 e. The fourth-order valence-corrected chi connectivity index (χ4v) is 1.16. The first-order valence-corrected chi connectivity index (χ1v) is 4.72. The van der Waals surface area contributed by atoms with Crippen LogP contribution in [0.1, 0.15) is 12.5 Å². The average molecular weight is 188 g/mol. The predicted octanol–water partition coefficient (Wildman–Crippen LogP) is 3.29. The van der Waals surface area contributed by atoms with Crippen LogP contribution in [0.5, 0.6) is 0 Å². The van der Waals surface area contributed by atoms with Crippen molar-refractivity contribution in [2.75, 3.05) is 13.7 Å². The van der Waals surface area contributed by atoms with Crippen molar-refractivity contribution in [2.45, 2.75) is 6.92 Å². The summed E-state index contributed by atoms with van der Waals surface area (Å²) >= 11 is 0. The third-order valence-electron chi connectivity index (χ3n) is 1.97. The second-order valence-corrected chi connectivity index (χ2v) is 3.10. The molecule has 0 amide bonds. The smallest absolute Gasteiger partial charge is 0.0646 e. The Balaban J connectivity index is 2.61. The number of hydrogen-bond acceptors (Lipinski definition) is 1. The molecule has 0 atom stereocenters. The van der Waals surface area contributed by atoms with Gasteiger partial charge < -0.3 is 4.74 Å². The number of rotatable bonds is 4. The summed E-state index contributed by atoms with van der Waals surface area (Å²) in [5, 5.41) is 0. The minimum atomic E-state index is 0.665. The third-order valence-corrected chi connectivity index (χ3v) is 1.97. The first-order chi connectivity index (χ1) is 6.84. The molecule has 0 fully saturated rings. The standard InChI is InChI=1S/C13H16O/c1-12(8-6-7-11-14-2)13-9-4-3-5-10-13/h3-10H,11H2,1-2H3/b7-6+,12-8+. The van der Waals surface area contributed by atoms with Crippen LogP contribution >= 0.6 is 0 Å². The molecule has 1 aromatic rings. The van der Waals surface area contributed by atoms with E-state index in [-0.39, 0.29) is 0 Å². The van der Waals surface area contributed by atoms with E-state index in [1.54, 1.807) is 7.11 Å². The minimum absolute atomic E-state index is 0.665. The van der Waals surface area contributed by atoms with Gasteiger partial charge >= 0.3 is 0 Å². The van der Waals surface area contributed by atoms with Gasteiger partial charge in [-0.15, -0.1) is 0 Å². The van der Waals surface area contributed by atoms with Crippen molar-refractivity contribution in [2.24, 2.45) is 0 Å². The highest BCUT2D eigenvalue weighted by Crippen LogP contribution is 2.12. The van der Waals surface area contributed by atoms with Crippen molar-refractivity contribution >= 4 is 5.57 Å². The van der Waals surface area contributed by atoms with Gasteiger partial charge in [-0.25, -0.2) is 0 Å². The van der Waals surface area contributed by atoms with E-state index in [0.717, 1.165) is 0 Å². The lowest BCUT2D eigenvalue weighted by atomic mass is 10.1. The van der Waals surface area contributed by atoms with Gasteiger partial charge in [0.05, 0.1) is 6.61 Å². The van der Waals surface area contributed by atoms with E-state index in [0.29, 0.717) is 6.61 Å². The molecule has 1 rings (SSSR count). The highest BCUT2D eigenvalue weighted by Gasteiger charge is 1.90. The molecule has 0 saturated carbocycles. The van der Waals surface area contributed by atoms with Crippen molar-refractivity contribution < 1.29 is 4.74 Å². The molecule has 0 radical (unpaired) electrons. The van der Waals surface area contributed by atoms with Gasteiger partial charge in [-0.2, -0.15) is 0 Å². The second-order valence-electron chi connectivity index (χ2n) is 3.10. The zero-order valence-electron chi connectivity index (χ0n) is 8.73. The lowest BCUT2D eigenvalue weighted by Crippen LogP contribution is -1.80. The van der Waals surface area contributed by atoms with Crippen LogP contribution in [0.25, 0.3) is 5.57 Å². The fourth-order valence-electron chi connectivity index (χ4n) is 1.16. The van der Waals surface area contributed by atoms with E-state index >= 15 is 0 Å². The van der Waals surface area contributed by atoms with Crippen LogP contribution in [0.15, 0.2) is 48.6 Å². The van der Waals surface area contributed by atoms with Gasteiger partial charge in [0.1, 0.15) is 0 Å². The summed E-state index contributed by atoms with van der Waals surface area (Å²) in [4.78, 5) is 0. The van der Waals surface area contributed by atoms with Crippen LogP contribution in [0.4, 0.5) is 0 Å². The number of benzene rings is 1. The Kier molecular flexibility index (Phi) is 4.73. The average Bonchev–Trinajstić information content (AvgIpc) is 2.25. The summed E-state index contributed by atoms with van der Waals surface area (Å²) in [5.74, 6) is 0. The van der Waals surface area contributed by atoms with Crippen LogP contribution in [0, 0.1) is 0 Å². The summed E-state index contributed by atoms with van der Waals surface area (Å²) in [6.07, 6.45) is 6.10. The molecule has 1 aromatic carbocycles. The highest BCUT2D eigenvalue weighted by atomic mass is 16.5. The quantitative estimate of drug-likeness (QED) is 0.659. The van der Waals surface area contributed by atoms with Crippen LogP contribution in [-0.2, 0) is 4.74 Å². The Morgan fingerprint density at radius 3 is 2.64 bits per heavy atom. The predicted molar refractivity (Wildman–Crippen MR) is 61.1 cm³/mol. The molecule has 74 valence electrons. The summed E-state index contributed by atoms with van der Waals surface area (Å²) in [6, 6.07) is 10.3. The molecule has 0 aliphatic carbocycles. The zero-order valence-corrected chi connectivity index (χ0v) is 8.73. The lowest BCUT2D eigenvalue weighted by Gasteiger charge is -1.98. The Morgan fingerprint density at radius 1 is 1.29 bits per heavy atom. The first-order valence-electron chi connectivity index (χ1n) is 4.72. The molecule has 0 spiro atoms. The summed E-state index contributed by atoms with van der Waals surface area (Å²) in [5.41, 5.74) is 2.52. The molecule has 14 heavy (non-hydrogen) atoms. The molecular weight excluding hydrogens is 172 g/mol. The van der Waals surface area contributed by atoms with E-state index in [2.05, 4.69) is 25.1 Å². The molecule has 0 N–H and O–H groups in total. The van der Waals surface area contributed by atoms with Crippen LogP contribution in [-0.4, -0.2) is 13.7 Å². The molecule has 0 saturated heterocycles. The van der Waals surface area contributed by atoms with Crippen molar-refractivity contribution in [3.63, 3.8) is 0 Å². The van der Waals surface area contributed by atoms with Crippen LogP contribution < -0.4 is 0 Å². The van der Waals surface area contributed by atoms with Gasteiger partial charge in [0, 0.05) is 7.11 Å². The number of ether oxygens (including phenoxy) is 1. The minimum Gasteiger partial charge on any atom is -0.381 e. The normalized spacial score (nSPS) is 12.3. The van der Waals surface area contributed by atoms with Crippen LogP contribution in [0.3, 0.4) is 0 Å². The molecule has 0 aliphatic heterocycles. The van der Waals surface area contributed by atoms with Gasteiger partial charge in [0.2, 0.25) is 0 Å². The van der Waals surface area contributed by atoms with E-state index in [1.807, 2.05) is 30.4 Å². The summed E-state index contributed by atoms with van der Waals surface area (Å²) < 4.78 is 4.91. The van der Waals surface area contributed by atoms with Crippen molar-refractivity contribution in [1.29, 1.82) is 0 Å². The molecule has 0 bridgehead atoms. The SMILES string of the molecule is COC/C=C/C=C(\C)c1ccccc1. The summed E-state index contributed by atoms with van der Waals surface area (Å²) in [7, 11) is 1.69. The van der Waals surface area contributed by atoms with Crippen molar-refractivity contribution in [1.82, 2.24) is 0 Å². The molecule has 0 aromatic heterocycles. The maximum absolute atomic E-state index is 4.91. The first kappa shape index (κ1) is 10.7. The molecular formula is C13H16O. The van der Waals surface area contributed by atoms with E-state index in [4.69, 9.17) is 4.74 Å². The van der Waals surface area contributed by atoms with Gasteiger partial charge in [-0.3, -0.25) is 0 Å². The number of allylic oxidation sites excluding steroid dienone is 3.